The zero-order chi connectivity index (χ0) is 17.8. The van der Waals surface area contributed by atoms with Crippen LogP contribution in [0.4, 0.5) is 5.82 Å². The largest absolute Gasteiger partial charge is 0.379 e. The van der Waals surface area contributed by atoms with E-state index in [2.05, 4.69) is 39.6 Å². The van der Waals surface area contributed by atoms with E-state index < -0.39 is 0 Å². The molecule has 0 aromatic carbocycles. The molecular weight excluding hydrogens is 364 g/mol. The summed E-state index contributed by atoms with van der Waals surface area (Å²) < 4.78 is 11.3. The molecule has 3 heterocycles. The van der Waals surface area contributed by atoms with Crippen molar-refractivity contribution in [2.75, 3.05) is 44.4 Å². The van der Waals surface area contributed by atoms with E-state index in [9.17, 15) is 0 Å². The molecule has 0 bridgehead atoms. The number of hydrogen-bond donors (Lipinski definition) is 2. The van der Waals surface area contributed by atoms with Gasteiger partial charge in [0.1, 0.15) is 5.82 Å². The Kier molecular flexibility index (Phi) is 7.73. The van der Waals surface area contributed by atoms with E-state index >= 15 is 0 Å². The van der Waals surface area contributed by atoms with Crippen LogP contribution in [0.25, 0.3) is 0 Å². The molecule has 0 amide bonds. The van der Waals surface area contributed by atoms with Gasteiger partial charge in [0, 0.05) is 44.5 Å². The number of aromatic nitrogens is 1. The predicted octanol–water partition coefficient (Wildman–Crippen LogP) is 1.98. The summed E-state index contributed by atoms with van der Waals surface area (Å²) in [7, 11) is 0. The van der Waals surface area contributed by atoms with E-state index in [0.29, 0.717) is 18.0 Å². The molecule has 6 nitrogen and oxygen atoms in total. The van der Waals surface area contributed by atoms with Crippen LogP contribution in [0, 0.1) is 5.92 Å². The lowest BCUT2D eigenvalue weighted by atomic mass is 9.94. The molecule has 3 aliphatic rings. The van der Waals surface area contributed by atoms with Crippen LogP contribution in [0.3, 0.4) is 0 Å². The van der Waals surface area contributed by atoms with Crippen LogP contribution >= 0.6 is 12.4 Å². The Morgan fingerprint density at radius 2 is 2.22 bits per heavy atom. The SMILES string of the molecule is CC1CN(c2ccc(CNC3CCCC3C3COCCN3)cn2)CCO1.Cl. The van der Waals surface area contributed by atoms with Crippen LogP contribution in [-0.2, 0) is 16.0 Å². The van der Waals surface area contributed by atoms with E-state index in [4.69, 9.17) is 9.47 Å². The summed E-state index contributed by atoms with van der Waals surface area (Å²) in [4.78, 5) is 7.00. The summed E-state index contributed by atoms with van der Waals surface area (Å²) in [5, 5.41) is 7.43. The van der Waals surface area contributed by atoms with Crippen molar-refractivity contribution in [2.24, 2.45) is 5.92 Å². The van der Waals surface area contributed by atoms with Gasteiger partial charge in [-0.05, 0) is 37.3 Å². The van der Waals surface area contributed by atoms with Crippen molar-refractivity contribution in [3.05, 3.63) is 23.9 Å². The summed E-state index contributed by atoms with van der Waals surface area (Å²) in [5.74, 6) is 1.74. The molecule has 1 aliphatic carbocycles. The van der Waals surface area contributed by atoms with E-state index in [0.717, 1.165) is 51.8 Å². The van der Waals surface area contributed by atoms with Crippen LogP contribution in [-0.4, -0.2) is 62.6 Å². The Hall–Kier alpha value is -0.920. The highest BCUT2D eigenvalue weighted by atomic mass is 35.5. The standard InChI is InChI=1S/C20H32N4O2.ClH/c1-15-13-24(8-10-26-15)20-6-5-16(12-23-20)11-22-18-4-2-3-17(18)19-14-25-9-7-21-19;/h5-6,12,15,17-19,21-22H,2-4,7-11,13-14H2,1H3;1H. The normalized spacial score (nSPS) is 31.5. The number of morpholine rings is 2. The highest BCUT2D eigenvalue weighted by Crippen LogP contribution is 2.29. The van der Waals surface area contributed by atoms with Gasteiger partial charge in [-0.15, -0.1) is 12.4 Å². The van der Waals surface area contributed by atoms with Gasteiger partial charge < -0.3 is 25.0 Å². The minimum absolute atomic E-state index is 0. The van der Waals surface area contributed by atoms with Crippen LogP contribution < -0.4 is 15.5 Å². The maximum absolute atomic E-state index is 5.67. The van der Waals surface area contributed by atoms with Crippen molar-refractivity contribution < 1.29 is 9.47 Å². The van der Waals surface area contributed by atoms with Gasteiger partial charge in [0.05, 0.1) is 25.9 Å². The van der Waals surface area contributed by atoms with Gasteiger partial charge in [0.2, 0.25) is 0 Å². The molecule has 2 aliphatic heterocycles. The van der Waals surface area contributed by atoms with Crippen molar-refractivity contribution in [3.63, 3.8) is 0 Å². The number of nitrogens with zero attached hydrogens (tertiary/aromatic N) is 2. The molecule has 0 radical (unpaired) electrons. The minimum Gasteiger partial charge on any atom is -0.379 e. The number of pyridine rings is 1. The third-order valence-corrected chi connectivity index (χ3v) is 5.98. The lowest BCUT2D eigenvalue weighted by molar-refractivity contribution is 0.0524. The Bertz CT molecular complexity index is 568. The summed E-state index contributed by atoms with van der Waals surface area (Å²) in [6, 6.07) is 5.44. The average Bonchev–Trinajstić information content (AvgIpc) is 3.16. The van der Waals surface area contributed by atoms with Crippen molar-refractivity contribution in [2.45, 2.75) is 50.9 Å². The number of nitrogens with one attached hydrogen (secondary N) is 2. The molecule has 4 atom stereocenters. The molecule has 2 N–H and O–H groups in total. The highest BCUT2D eigenvalue weighted by molar-refractivity contribution is 5.85. The topological polar surface area (TPSA) is 58.7 Å². The summed E-state index contributed by atoms with van der Waals surface area (Å²) in [5.41, 5.74) is 1.26. The van der Waals surface area contributed by atoms with Crippen LogP contribution in [0.15, 0.2) is 18.3 Å². The molecule has 2 saturated heterocycles. The Labute approximate surface area is 168 Å². The fourth-order valence-corrected chi connectivity index (χ4v) is 4.57. The number of hydrogen-bond acceptors (Lipinski definition) is 6. The molecule has 1 aromatic heterocycles. The lowest BCUT2D eigenvalue weighted by Gasteiger charge is -2.33. The van der Waals surface area contributed by atoms with Crippen LogP contribution in [0.1, 0.15) is 31.7 Å². The monoisotopic (exact) mass is 396 g/mol. The van der Waals surface area contributed by atoms with Crippen molar-refractivity contribution in [1.29, 1.82) is 0 Å². The molecule has 0 spiro atoms. The van der Waals surface area contributed by atoms with Gasteiger partial charge in [-0.25, -0.2) is 4.98 Å². The second-order valence-corrected chi connectivity index (χ2v) is 7.87. The Morgan fingerprint density at radius 1 is 1.30 bits per heavy atom. The number of ether oxygens (including phenoxy) is 2. The first-order valence-corrected chi connectivity index (χ1v) is 10.2. The van der Waals surface area contributed by atoms with E-state index in [1.165, 1.54) is 24.8 Å². The first kappa shape index (κ1) is 20.8. The van der Waals surface area contributed by atoms with Crippen LogP contribution in [0.5, 0.6) is 0 Å². The van der Waals surface area contributed by atoms with Gasteiger partial charge in [-0.1, -0.05) is 12.5 Å². The molecule has 1 aromatic rings. The second kappa shape index (κ2) is 10.0. The predicted molar refractivity (Wildman–Crippen MR) is 110 cm³/mol. The van der Waals surface area contributed by atoms with Gasteiger partial charge in [0.25, 0.3) is 0 Å². The molecule has 4 rings (SSSR count). The second-order valence-electron chi connectivity index (χ2n) is 7.87. The quantitative estimate of drug-likeness (QED) is 0.793. The van der Waals surface area contributed by atoms with Crippen molar-refractivity contribution in [3.8, 4) is 0 Å². The number of anilines is 1. The molecule has 1 saturated carbocycles. The highest BCUT2D eigenvalue weighted by Gasteiger charge is 2.34. The van der Waals surface area contributed by atoms with E-state index in [1.54, 1.807) is 0 Å². The maximum atomic E-state index is 5.67. The number of rotatable bonds is 5. The first-order valence-electron chi connectivity index (χ1n) is 10.2. The van der Waals surface area contributed by atoms with Crippen LogP contribution in [0.2, 0.25) is 0 Å². The third-order valence-electron chi connectivity index (χ3n) is 5.98. The minimum atomic E-state index is 0. The van der Waals surface area contributed by atoms with Gasteiger partial charge >= 0.3 is 0 Å². The van der Waals surface area contributed by atoms with E-state index in [-0.39, 0.29) is 18.5 Å². The molecule has 3 fully saturated rings. The lowest BCUT2D eigenvalue weighted by Crippen LogP contribution is -2.50. The average molecular weight is 397 g/mol. The smallest absolute Gasteiger partial charge is 0.128 e. The zero-order valence-corrected chi connectivity index (χ0v) is 17.0. The van der Waals surface area contributed by atoms with Crippen molar-refractivity contribution in [1.82, 2.24) is 15.6 Å². The molecule has 4 unspecified atom stereocenters. The van der Waals surface area contributed by atoms with E-state index in [1.807, 2.05) is 6.20 Å². The van der Waals surface area contributed by atoms with Gasteiger partial charge in [0.15, 0.2) is 0 Å². The molecule has 27 heavy (non-hydrogen) atoms. The maximum Gasteiger partial charge on any atom is 0.128 e. The molecule has 152 valence electrons. The number of halogens is 1. The van der Waals surface area contributed by atoms with Gasteiger partial charge in [-0.3, -0.25) is 0 Å². The first-order chi connectivity index (χ1) is 12.8. The van der Waals surface area contributed by atoms with Crippen molar-refractivity contribution >= 4 is 18.2 Å². The Morgan fingerprint density at radius 3 is 2.96 bits per heavy atom. The summed E-state index contributed by atoms with van der Waals surface area (Å²) in [6.07, 6.45) is 6.18. The fraction of sp³-hybridized carbons (Fsp3) is 0.750. The fourth-order valence-electron chi connectivity index (χ4n) is 4.57. The zero-order valence-electron chi connectivity index (χ0n) is 16.2. The molecule has 7 heteroatoms. The molecular formula is C20H33ClN4O2. The Balaban J connectivity index is 0.00000210. The third kappa shape index (κ3) is 5.33. The summed E-state index contributed by atoms with van der Waals surface area (Å²) in [6.45, 7) is 8.34. The van der Waals surface area contributed by atoms with Gasteiger partial charge in [-0.2, -0.15) is 0 Å². The summed E-state index contributed by atoms with van der Waals surface area (Å²) >= 11 is 0.